The summed E-state index contributed by atoms with van der Waals surface area (Å²) >= 11 is 11.6. The van der Waals surface area contributed by atoms with E-state index >= 15 is 0 Å². The lowest BCUT2D eigenvalue weighted by Crippen LogP contribution is -2.16. The van der Waals surface area contributed by atoms with Crippen LogP contribution < -0.4 is 10.5 Å². The van der Waals surface area contributed by atoms with E-state index in [1.807, 2.05) is 6.92 Å². The molecule has 2 aromatic rings. The highest BCUT2D eigenvalue weighted by molar-refractivity contribution is 7.92. The predicted octanol–water partition coefficient (Wildman–Crippen LogP) is 2.78. The van der Waals surface area contributed by atoms with E-state index in [9.17, 15) is 8.42 Å². The van der Waals surface area contributed by atoms with Gasteiger partial charge in [-0.2, -0.15) is 0 Å². The predicted molar refractivity (Wildman–Crippen MR) is 83.2 cm³/mol. The summed E-state index contributed by atoms with van der Waals surface area (Å²) in [6, 6.07) is 3.09. The van der Waals surface area contributed by atoms with Crippen LogP contribution in [0.2, 0.25) is 10.2 Å². The Kier molecular flexibility index (Phi) is 4.27. The zero-order valence-corrected chi connectivity index (χ0v) is 13.5. The Morgan fingerprint density at radius 2 is 1.76 bits per heavy atom. The maximum absolute atomic E-state index is 12.4. The molecule has 0 saturated carbocycles. The van der Waals surface area contributed by atoms with Crippen LogP contribution in [-0.2, 0) is 10.0 Å². The molecule has 0 aliphatic carbocycles. The summed E-state index contributed by atoms with van der Waals surface area (Å²) in [6.45, 7) is 3.64. The van der Waals surface area contributed by atoms with Crippen molar-refractivity contribution >= 4 is 44.7 Å². The van der Waals surface area contributed by atoms with Gasteiger partial charge in [-0.3, -0.25) is 4.72 Å². The average Bonchev–Trinajstić information content (AvgIpc) is 2.39. The Morgan fingerprint density at radius 1 is 1.14 bits per heavy atom. The number of halogens is 2. The quantitative estimate of drug-likeness (QED) is 0.657. The number of nitrogens with one attached hydrogen (secondary N) is 1. The topological polar surface area (TPSA) is 98.0 Å². The number of hydrogen-bond acceptors (Lipinski definition) is 5. The fourth-order valence-corrected chi connectivity index (χ4v) is 3.20. The third-order valence-electron chi connectivity index (χ3n) is 2.89. The van der Waals surface area contributed by atoms with E-state index in [0.717, 1.165) is 17.5 Å². The van der Waals surface area contributed by atoms with Gasteiger partial charge in [-0.05, 0) is 37.1 Å². The molecule has 0 atom stereocenters. The normalized spacial score (nSPS) is 11.4. The number of aromatic nitrogens is 2. The molecule has 2 rings (SSSR count). The monoisotopic (exact) mass is 346 g/mol. The summed E-state index contributed by atoms with van der Waals surface area (Å²) in [6.07, 6.45) is 1.11. The fourth-order valence-electron chi connectivity index (χ4n) is 1.65. The van der Waals surface area contributed by atoms with E-state index in [4.69, 9.17) is 28.9 Å². The third kappa shape index (κ3) is 3.20. The minimum atomic E-state index is -3.93. The van der Waals surface area contributed by atoms with Gasteiger partial charge in [0.15, 0.2) is 11.0 Å². The first-order valence-corrected chi connectivity index (χ1v) is 8.02. The van der Waals surface area contributed by atoms with E-state index < -0.39 is 10.0 Å². The van der Waals surface area contributed by atoms with Crippen molar-refractivity contribution in [1.29, 1.82) is 0 Å². The van der Waals surface area contributed by atoms with Gasteiger partial charge < -0.3 is 5.73 Å². The highest BCUT2D eigenvalue weighted by Gasteiger charge is 2.21. The van der Waals surface area contributed by atoms with Gasteiger partial charge in [0, 0.05) is 0 Å². The maximum atomic E-state index is 12.4. The minimum Gasteiger partial charge on any atom is -0.398 e. The smallest absolute Gasteiger partial charge is 0.265 e. The summed E-state index contributed by atoms with van der Waals surface area (Å²) in [5, 5.41) is -0.123. The minimum absolute atomic E-state index is 0.0441. The number of rotatable bonds is 3. The van der Waals surface area contributed by atoms with Crippen LogP contribution in [0.15, 0.2) is 23.4 Å². The van der Waals surface area contributed by atoms with E-state index in [0.29, 0.717) is 0 Å². The van der Waals surface area contributed by atoms with Crippen LogP contribution in [-0.4, -0.2) is 18.4 Å². The van der Waals surface area contributed by atoms with E-state index in [-0.39, 0.29) is 26.6 Å². The van der Waals surface area contributed by atoms with Crippen LogP contribution in [0.25, 0.3) is 0 Å². The van der Waals surface area contributed by atoms with Crippen molar-refractivity contribution in [2.24, 2.45) is 0 Å². The zero-order valence-electron chi connectivity index (χ0n) is 11.2. The maximum Gasteiger partial charge on any atom is 0.265 e. The lowest BCUT2D eigenvalue weighted by Gasteiger charge is -2.12. The van der Waals surface area contributed by atoms with Crippen molar-refractivity contribution in [3.05, 3.63) is 39.8 Å². The highest BCUT2D eigenvalue weighted by Crippen LogP contribution is 2.29. The van der Waals surface area contributed by atoms with Crippen molar-refractivity contribution < 1.29 is 8.42 Å². The number of benzene rings is 1. The van der Waals surface area contributed by atoms with E-state index in [1.54, 1.807) is 13.0 Å². The summed E-state index contributed by atoms with van der Waals surface area (Å²) in [4.78, 5) is 7.36. The first kappa shape index (κ1) is 15.8. The van der Waals surface area contributed by atoms with Crippen LogP contribution in [0.3, 0.4) is 0 Å². The molecule has 0 saturated heterocycles. The number of nitrogens with two attached hydrogens (primary N) is 1. The number of anilines is 2. The molecule has 3 N–H and O–H groups in total. The van der Waals surface area contributed by atoms with Gasteiger partial charge in [-0.25, -0.2) is 18.4 Å². The van der Waals surface area contributed by atoms with E-state index in [2.05, 4.69) is 14.7 Å². The molecule has 0 spiro atoms. The molecule has 0 bridgehead atoms. The van der Waals surface area contributed by atoms with Crippen LogP contribution in [0.5, 0.6) is 0 Å². The van der Waals surface area contributed by atoms with Crippen molar-refractivity contribution in [1.82, 2.24) is 9.97 Å². The fraction of sp³-hybridized carbons (Fsp3) is 0.167. The SMILES string of the molecule is Cc1cc(N)c(S(=O)(=O)Nc2ncnc(Cl)c2Cl)cc1C. The summed E-state index contributed by atoms with van der Waals surface area (Å²) < 4.78 is 27.0. The second kappa shape index (κ2) is 5.67. The van der Waals surface area contributed by atoms with Gasteiger partial charge in [0.25, 0.3) is 10.0 Å². The molecule has 1 heterocycles. The van der Waals surface area contributed by atoms with Crippen LogP contribution in [0.1, 0.15) is 11.1 Å². The van der Waals surface area contributed by atoms with Crippen LogP contribution >= 0.6 is 23.2 Å². The average molecular weight is 347 g/mol. The number of nitrogen functional groups attached to an aromatic ring is 1. The van der Waals surface area contributed by atoms with Crippen LogP contribution in [0, 0.1) is 13.8 Å². The Morgan fingerprint density at radius 3 is 2.43 bits per heavy atom. The van der Waals surface area contributed by atoms with E-state index in [1.165, 1.54) is 6.07 Å². The number of hydrogen-bond donors (Lipinski definition) is 2. The highest BCUT2D eigenvalue weighted by atomic mass is 35.5. The Hall–Kier alpha value is -1.57. The largest absolute Gasteiger partial charge is 0.398 e. The molecule has 0 aliphatic heterocycles. The van der Waals surface area contributed by atoms with Crippen molar-refractivity contribution in [3.63, 3.8) is 0 Å². The summed E-state index contributed by atoms with van der Waals surface area (Å²) in [5.41, 5.74) is 7.63. The zero-order chi connectivity index (χ0) is 15.8. The molecule has 0 aliphatic rings. The first-order chi connectivity index (χ1) is 9.72. The van der Waals surface area contributed by atoms with Gasteiger partial charge >= 0.3 is 0 Å². The van der Waals surface area contributed by atoms with Crippen molar-refractivity contribution in [2.75, 3.05) is 10.5 Å². The molecule has 112 valence electrons. The number of sulfonamides is 1. The van der Waals surface area contributed by atoms with Gasteiger partial charge in [-0.1, -0.05) is 23.2 Å². The second-order valence-corrected chi connectivity index (χ2v) is 6.79. The molecule has 6 nitrogen and oxygen atoms in total. The molecule has 0 unspecified atom stereocenters. The third-order valence-corrected chi connectivity index (χ3v) is 5.03. The molecule has 1 aromatic carbocycles. The summed E-state index contributed by atoms with van der Waals surface area (Å²) in [5.74, 6) is -0.103. The molecule has 9 heteroatoms. The lowest BCUT2D eigenvalue weighted by molar-refractivity contribution is 0.601. The Balaban J connectivity index is 2.48. The van der Waals surface area contributed by atoms with Gasteiger partial charge in [0.05, 0.1) is 5.69 Å². The molecule has 21 heavy (non-hydrogen) atoms. The molecule has 0 fully saturated rings. The molecule has 1 aromatic heterocycles. The van der Waals surface area contributed by atoms with Gasteiger partial charge in [0.2, 0.25) is 0 Å². The number of aryl methyl sites for hydroxylation is 2. The molecular weight excluding hydrogens is 335 g/mol. The van der Waals surface area contributed by atoms with Crippen molar-refractivity contribution in [3.8, 4) is 0 Å². The van der Waals surface area contributed by atoms with Gasteiger partial charge in [0.1, 0.15) is 16.2 Å². The Bertz CT molecular complexity index is 809. The molecule has 0 radical (unpaired) electrons. The molecular formula is C12H12Cl2N4O2S. The van der Waals surface area contributed by atoms with Crippen LogP contribution in [0.4, 0.5) is 11.5 Å². The van der Waals surface area contributed by atoms with Crippen molar-refractivity contribution in [2.45, 2.75) is 18.7 Å². The second-order valence-electron chi connectivity index (χ2n) is 4.41. The Labute approximate surface area is 132 Å². The summed E-state index contributed by atoms with van der Waals surface area (Å²) in [7, 11) is -3.93. The van der Waals surface area contributed by atoms with Gasteiger partial charge in [-0.15, -0.1) is 0 Å². The number of nitrogens with zero attached hydrogens (tertiary/aromatic N) is 2. The lowest BCUT2D eigenvalue weighted by atomic mass is 10.1. The standard InChI is InChI=1S/C12H12Cl2N4O2S/c1-6-3-8(15)9(4-7(6)2)21(19,20)18-12-10(13)11(14)16-5-17-12/h3-5H,15H2,1-2H3,(H,16,17,18). The first-order valence-electron chi connectivity index (χ1n) is 5.78. The molecule has 0 amide bonds.